The number of benzene rings is 4. The predicted octanol–water partition coefficient (Wildman–Crippen LogP) is 3.96. The minimum atomic E-state index is -4.23. The smallest absolute Gasteiger partial charge is 0.424 e. The van der Waals surface area contributed by atoms with E-state index in [1.165, 1.54) is 99.0 Å². The minimum absolute atomic E-state index is 0. The van der Waals surface area contributed by atoms with Gasteiger partial charge in [-0.3, -0.25) is 14.4 Å². The number of amides is 4. The number of nitrogens with zero attached hydrogens (tertiary/aromatic N) is 3. The maximum absolute atomic E-state index is 14.1. The van der Waals surface area contributed by atoms with Crippen LogP contribution in [0.25, 0.3) is 37.9 Å². The molecule has 8 rings (SSSR count). The molecule has 0 radical (unpaired) electrons. The number of carbonyl (C=O) groups excluding carboxylic acids is 2. The van der Waals surface area contributed by atoms with Crippen LogP contribution in [-0.4, -0.2) is 62.1 Å². The van der Waals surface area contributed by atoms with Crippen molar-refractivity contribution in [1.29, 1.82) is 0 Å². The Labute approximate surface area is 447 Å². The van der Waals surface area contributed by atoms with E-state index in [0.29, 0.717) is 0 Å². The number of thiophene rings is 2. The van der Waals surface area contributed by atoms with Crippen LogP contribution < -0.4 is 99.9 Å². The summed E-state index contributed by atoms with van der Waals surface area (Å²) < 4.78 is 83.8. The van der Waals surface area contributed by atoms with Crippen LogP contribution in [0.15, 0.2) is 125 Å². The van der Waals surface area contributed by atoms with Crippen molar-refractivity contribution in [3.05, 3.63) is 164 Å². The number of fused-ring (bicyclic) bond motifs is 2. The van der Waals surface area contributed by atoms with Gasteiger partial charge in [-0.2, -0.15) is 0 Å². The first-order valence-electron chi connectivity index (χ1n) is 18.8. The number of aromatic amines is 2. The Morgan fingerprint density at radius 3 is 1.45 bits per heavy atom. The van der Waals surface area contributed by atoms with Crippen molar-refractivity contribution in [2.75, 3.05) is 35.4 Å². The van der Waals surface area contributed by atoms with E-state index in [4.69, 9.17) is 23.2 Å². The maximum atomic E-state index is 14.1. The van der Waals surface area contributed by atoms with E-state index in [1.54, 1.807) is 0 Å². The van der Waals surface area contributed by atoms with Crippen molar-refractivity contribution >= 4 is 123 Å². The Bertz CT molecular complexity index is 3540. The summed E-state index contributed by atoms with van der Waals surface area (Å²) in [5.41, 5.74) is -1.76. The molecule has 20 nitrogen and oxygen atoms in total. The number of H-pyrrole nitrogens is 2. The molecule has 4 aromatic heterocycles. The van der Waals surface area contributed by atoms with Gasteiger partial charge in [0.25, 0.3) is 21.1 Å². The number of anilines is 4. The van der Waals surface area contributed by atoms with E-state index in [1.807, 2.05) is 4.72 Å². The van der Waals surface area contributed by atoms with E-state index < -0.39 is 66.2 Å². The monoisotopic (exact) mass is 1080 g/mol. The molecule has 0 saturated heterocycles. The number of carbonyl (C=O) groups is 2. The van der Waals surface area contributed by atoms with Crippen molar-refractivity contribution in [3.8, 4) is 11.4 Å². The van der Waals surface area contributed by atoms with E-state index in [-0.39, 0.29) is 124 Å². The summed E-state index contributed by atoms with van der Waals surface area (Å²) in [5.74, 6) is -1.32. The van der Waals surface area contributed by atoms with Gasteiger partial charge in [0.2, 0.25) is 10.0 Å². The van der Waals surface area contributed by atoms with Crippen LogP contribution in [0.4, 0.5) is 41.1 Å². The third-order valence-electron chi connectivity index (χ3n) is 9.32. The molecule has 4 amide bonds. The molecule has 69 heavy (non-hydrogen) atoms. The number of urea groups is 2. The third-order valence-corrected chi connectivity index (χ3v) is 15.3. The summed E-state index contributed by atoms with van der Waals surface area (Å²) in [5, 5.41) is 9.83. The fourth-order valence-electron chi connectivity index (χ4n) is 6.22. The Morgan fingerprint density at radius 2 is 1.04 bits per heavy atom. The molecule has 0 fully saturated rings. The van der Waals surface area contributed by atoms with Crippen LogP contribution in [0.3, 0.4) is 0 Å². The largest absolute Gasteiger partial charge is 1.00 e. The molecule has 0 spiro atoms. The molecule has 8 aromatic rings. The van der Waals surface area contributed by atoms with Gasteiger partial charge in [-0.15, -0.1) is 22.7 Å². The molecule has 4 aromatic carbocycles. The topological polar surface area (TPSA) is 286 Å². The molecule has 0 saturated carbocycles. The third kappa shape index (κ3) is 11.8. The number of sulfonamides is 2. The van der Waals surface area contributed by atoms with Gasteiger partial charge in [0.15, 0.2) is 6.03 Å². The molecule has 0 aliphatic heterocycles. The second-order valence-electron chi connectivity index (χ2n) is 13.7. The summed E-state index contributed by atoms with van der Waals surface area (Å²) in [7, 11) is -5.32. The second kappa shape index (κ2) is 21.5. The molecule has 0 aliphatic carbocycles. The Hall–Kier alpha value is -5.72. The number of nitrogens with one attached hydrogen (secondary N) is 7. The van der Waals surface area contributed by atoms with Crippen molar-refractivity contribution in [2.45, 2.75) is 8.42 Å². The minimum Gasteiger partial charge on any atom is -0.424 e. The zero-order valence-electron chi connectivity index (χ0n) is 35.3. The van der Waals surface area contributed by atoms with Crippen LogP contribution in [0.2, 0.25) is 8.67 Å². The Morgan fingerprint density at radius 1 is 0.623 bits per heavy atom. The number of aromatic nitrogens is 4. The van der Waals surface area contributed by atoms with Gasteiger partial charge in [0.05, 0.1) is 53.2 Å². The fraction of sp³-hybridized carbons (Fsp3) is 0.0500. The number of halogens is 4. The van der Waals surface area contributed by atoms with Gasteiger partial charge < -0.3 is 36.0 Å². The Kier molecular flexibility index (Phi) is 16.4. The number of hydrogen-bond donors (Lipinski definition) is 7. The molecule has 352 valence electrons. The van der Waals surface area contributed by atoms with Crippen molar-refractivity contribution in [3.63, 3.8) is 0 Å². The zero-order chi connectivity index (χ0) is 49.2. The van der Waals surface area contributed by atoms with Crippen molar-refractivity contribution in [2.24, 2.45) is 0 Å². The van der Waals surface area contributed by atoms with Crippen LogP contribution in [0.5, 0.6) is 0 Å². The number of rotatable bonds is 10. The van der Waals surface area contributed by atoms with E-state index in [2.05, 4.69) is 36.0 Å². The first-order valence-corrected chi connectivity index (χ1v) is 24.2. The molecule has 0 unspecified atom stereocenters. The van der Waals surface area contributed by atoms with Crippen molar-refractivity contribution < 1.29 is 86.6 Å². The summed E-state index contributed by atoms with van der Waals surface area (Å²) >= 11 is 13.0. The van der Waals surface area contributed by atoms with E-state index in [9.17, 15) is 54.4 Å². The average molecular weight is 1090 g/mol. The molecule has 0 aliphatic rings. The molecular weight excluding hydrogens is 1060 g/mol. The predicted molar refractivity (Wildman–Crippen MR) is 257 cm³/mol. The van der Waals surface area contributed by atoms with Gasteiger partial charge in [-0.05, 0) is 90.6 Å². The van der Waals surface area contributed by atoms with Gasteiger partial charge in [0, 0.05) is 19.8 Å². The van der Waals surface area contributed by atoms with Crippen LogP contribution in [0, 0.1) is 11.6 Å². The van der Waals surface area contributed by atoms with Crippen molar-refractivity contribution in [1.82, 2.24) is 23.8 Å². The summed E-state index contributed by atoms with van der Waals surface area (Å²) in [4.78, 5) is 80.0. The van der Waals surface area contributed by atoms with E-state index in [0.717, 1.165) is 43.9 Å². The van der Waals surface area contributed by atoms with Gasteiger partial charge in [-0.25, -0.2) is 53.9 Å². The average Bonchev–Trinajstić information content (AvgIpc) is 3.94. The van der Waals surface area contributed by atoms with Gasteiger partial charge in [-0.1, -0.05) is 35.3 Å². The fourth-order valence-corrected chi connectivity index (χ4v) is 10.9. The summed E-state index contributed by atoms with van der Waals surface area (Å²) in [6.07, 6.45) is 0. The molecule has 29 heteroatoms. The first kappa shape index (κ1) is 52.6. The molecular formula is C40H29Cl2F2KN10O10S4. The van der Waals surface area contributed by atoms with E-state index >= 15 is 0 Å². The molecule has 0 bridgehead atoms. The Balaban J connectivity index is 0.000000224. The van der Waals surface area contributed by atoms with Crippen LogP contribution in [0.1, 0.15) is 0 Å². The SMILES string of the molecule is CNc1cc2[nH]c(=O)n(-c3ccc(NC(=O)NS(=O)(=O)c4ccc(Cl)s4)cc3)c(=O)c2cc1F.CNc1cc2[nH]c(=O)n(-c3ccc(NC(=O)[N-]S(=O)(=O)c4ccc(Cl)s4)cc3)c(=O)c2cc1F.[K+]. The van der Waals surface area contributed by atoms with Gasteiger partial charge >= 0.3 is 68.8 Å². The molecule has 7 N–H and O–H groups in total. The van der Waals surface area contributed by atoms with Gasteiger partial charge in [0.1, 0.15) is 20.1 Å². The molecule has 4 heterocycles. The van der Waals surface area contributed by atoms with Crippen LogP contribution >= 0.6 is 45.9 Å². The quantitative estimate of drug-likeness (QED) is 0.0959. The first-order chi connectivity index (χ1) is 32.2. The summed E-state index contributed by atoms with van der Waals surface area (Å²) in [6.45, 7) is 0. The maximum Gasteiger partial charge on any atom is 1.00 e. The standard InChI is InChI=1S/2C20H15ClFN5O5S2.K/c2*1-23-15-9-14-12(8-13(15)22)18(28)27(20(30)25-14)11-4-2-10(3-5-11)24-19(29)26-34(31,32)17-7-6-16(21)33-17;/h2-9H,1H3,(H4,23,24,25,26,28,29,30);2-9,23H,1H3,(H,25,30)(H2,24,26,29);/q;;+1/p-1. The second-order valence-corrected chi connectivity index (χ2v) is 20.8. The normalized spacial score (nSPS) is 11.2. The molecule has 0 atom stereocenters. The van der Waals surface area contributed by atoms with Crippen LogP contribution in [-0.2, 0) is 20.0 Å². The summed E-state index contributed by atoms with van der Waals surface area (Å²) in [6, 6.07) is 18.6. The zero-order valence-corrected chi connectivity index (χ0v) is 43.2. The number of hydrogen-bond acceptors (Lipinski definition) is 14.